The molecular weight excluding hydrogens is 268 g/mol. The van der Waals surface area contributed by atoms with Gasteiger partial charge in [0.15, 0.2) is 11.5 Å². The Morgan fingerprint density at radius 2 is 1.86 bits per heavy atom. The third-order valence-corrected chi connectivity index (χ3v) is 3.15. The molecule has 0 radical (unpaired) electrons. The van der Waals surface area contributed by atoms with Gasteiger partial charge in [-0.05, 0) is 30.3 Å². The fourth-order valence-corrected chi connectivity index (χ4v) is 2.12. The van der Waals surface area contributed by atoms with Gasteiger partial charge in [-0.25, -0.2) is 0 Å². The highest BCUT2D eigenvalue weighted by Crippen LogP contribution is 2.32. The average Bonchev–Trinajstić information content (AvgIpc) is 2.72. The summed E-state index contributed by atoms with van der Waals surface area (Å²) in [5.74, 6) is 1.14. The van der Waals surface area contributed by atoms with E-state index in [9.17, 15) is 4.79 Å². The number of carbonyl (C=O) groups is 1. The summed E-state index contributed by atoms with van der Waals surface area (Å²) in [5, 5.41) is 2.83. The lowest BCUT2D eigenvalue weighted by atomic mass is 10.2. The van der Waals surface area contributed by atoms with Crippen molar-refractivity contribution in [2.75, 3.05) is 24.3 Å². The molecule has 0 aromatic heterocycles. The third-order valence-electron chi connectivity index (χ3n) is 3.15. The molecule has 2 aromatic carbocycles. The van der Waals surface area contributed by atoms with Crippen molar-refractivity contribution in [1.82, 2.24) is 0 Å². The van der Waals surface area contributed by atoms with E-state index in [0.29, 0.717) is 41.7 Å². The van der Waals surface area contributed by atoms with Crippen LogP contribution in [0.25, 0.3) is 0 Å². The molecule has 1 aliphatic heterocycles. The van der Waals surface area contributed by atoms with E-state index in [-0.39, 0.29) is 5.91 Å². The molecule has 0 saturated heterocycles. The van der Waals surface area contributed by atoms with Gasteiger partial charge < -0.3 is 20.5 Å². The number of anilines is 2. The summed E-state index contributed by atoms with van der Waals surface area (Å²) in [4.78, 5) is 12.2. The second kappa shape index (κ2) is 5.75. The fraction of sp³-hybridized carbons (Fsp3) is 0.188. The number of rotatable bonds is 2. The van der Waals surface area contributed by atoms with E-state index in [0.717, 1.165) is 6.42 Å². The summed E-state index contributed by atoms with van der Waals surface area (Å²) in [6.45, 7) is 1.25. The van der Waals surface area contributed by atoms with E-state index in [1.54, 1.807) is 42.5 Å². The predicted octanol–water partition coefficient (Wildman–Crippen LogP) is 2.68. The van der Waals surface area contributed by atoms with Gasteiger partial charge in [0, 0.05) is 29.4 Å². The minimum absolute atomic E-state index is 0.211. The first-order valence-corrected chi connectivity index (χ1v) is 6.79. The lowest BCUT2D eigenvalue weighted by molar-refractivity contribution is 0.102. The number of ether oxygens (including phenoxy) is 2. The maximum absolute atomic E-state index is 12.2. The Kier molecular flexibility index (Phi) is 3.64. The summed E-state index contributed by atoms with van der Waals surface area (Å²) < 4.78 is 11.2. The number of benzene rings is 2. The quantitative estimate of drug-likeness (QED) is 0.831. The van der Waals surface area contributed by atoms with E-state index in [1.807, 2.05) is 0 Å². The lowest BCUT2D eigenvalue weighted by Crippen LogP contribution is -2.12. The first-order chi connectivity index (χ1) is 10.2. The first-order valence-electron chi connectivity index (χ1n) is 6.79. The van der Waals surface area contributed by atoms with Crippen molar-refractivity contribution < 1.29 is 14.3 Å². The van der Waals surface area contributed by atoms with Crippen LogP contribution in [0.15, 0.2) is 42.5 Å². The summed E-state index contributed by atoms with van der Waals surface area (Å²) in [7, 11) is 0. The van der Waals surface area contributed by atoms with Gasteiger partial charge >= 0.3 is 0 Å². The van der Waals surface area contributed by atoms with Crippen molar-refractivity contribution in [2.24, 2.45) is 0 Å². The van der Waals surface area contributed by atoms with Gasteiger partial charge in [-0.2, -0.15) is 0 Å². The van der Waals surface area contributed by atoms with Crippen molar-refractivity contribution in [2.45, 2.75) is 6.42 Å². The normalized spacial score (nSPS) is 13.3. The van der Waals surface area contributed by atoms with Crippen molar-refractivity contribution >= 4 is 17.3 Å². The number of hydrogen-bond donors (Lipinski definition) is 2. The molecule has 0 atom stereocenters. The topological polar surface area (TPSA) is 73.6 Å². The summed E-state index contributed by atoms with van der Waals surface area (Å²) in [6, 6.07) is 12.2. The summed E-state index contributed by atoms with van der Waals surface area (Å²) >= 11 is 0. The molecule has 5 heteroatoms. The SMILES string of the molecule is Nc1cccc(C(=O)Nc2ccc3c(c2)OCCCO3)c1. The largest absolute Gasteiger partial charge is 0.490 e. The van der Waals surface area contributed by atoms with Crippen LogP contribution < -0.4 is 20.5 Å². The fourth-order valence-electron chi connectivity index (χ4n) is 2.12. The number of hydrogen-bond acceptors (Lipinski definition) is 4. The Hall–Kier alpha value is -2.69. The smallest absolute Gasteiger partial charge is 0.255 e. The molecule has 2 aromatic rings. The molecule has 3 N–H and O–H groups in total. The Bertz CT molecular complexity index is 670. The van der Waals surface area contributed by atoms with E-state index in [1.165, 1.54) is 0 Å². The zero-order chi connectivity index (χ0) is 14.7. The maximum atomic E-state index is 12.2. The molecule has 1 heterocycles. The molecule has 0 saturated carbocycles. The lowest BCUT2D eigenvalue weighted by Gasteiger charge is -2.10. The molecule has 0 fully saturated rings. The van der Waals surface area contributed by atoms with Crippen LogP contribution in [0.2, 0.25) is 0 Å². The van der Waals surface area contributed by atoms with E-state index >= 15 is 0 Å². The highest BCUT2D eigenvalue weighted by molar-refractivity contribution is 6.04. The Morgan fingerprint density at radius 3 is 2.67 bits per heavy atom. The highest BCUT2D eigenvalue weighted by Gasteiger charge is 2.12. The predicted molar refractivity (Wildman–Crippen MR) is 80.9 cm³/mol. The molecule has 0 aliphatic carbocycles. The van der Waals surface area contributed by atoms with Gasteiger partial charge in [0.25, 0.3) is 5.91 Å². The van der Waals surface area contributed by atoms with Crippen LogP contribution in [-0.2, 0) is 0 Å². The number of nitrogens with two attached hydrogens (primary N) is 1. The third kappa shape index (κ3) is 3.08. The highest BCUT2D eigenvalue weighted by atomic mass is 16.5. The van der Waals surface area contributed by atoms with Gasteiger partial charge in [-0.3, -0.25) is 4.79 Å². The van der Waals surface area contributed by atoms with Crippen molar-refractivity contribution in [3.8, 4) is 11.5 Å². The zero-order valence-corrected chi connectivity index (χ0v) is 11.5. The zero-order valence-electron chi connectivity index (χ0n) is 11.5. The molecule has 21 heavy (non-hydrogen) atoms. The molecule has 0 unspecified atom stereocenters. The Balaban J connectivity index is 1.79. The molecular formula is C16H16N2O3. The van der Waals surface area contributed by atoms with Crippen LogP contribution in [-0.4, -0.2) is 19.1 Å². The van der Waals surface area contributed by atoms with Crippen LogP contribution in [0.4, 0.5) is 11.4 Å². The maximum Gasteiger partial charge on any atom is 0.255 e. The molecule has 3 rings (SSSR count). The monoisotopic (exact) mass is 284 g/mol. The molecule has 1 amide bonds. The Labute approximate surface area is 122 Å². The van der Waals surface area contributed by atoms with Gasteiger partial charge in [0.1, 0.15) is 0 Å². The van der Waals surface area contributed by atoms with Crippen LogP contribution in [0.1, 0.15) is 16.8 Å². The van der Waals surface area contributed by atoms with Gasteiger partial charge in [0.2, 0.25) is 0 Å². The first kappa shape index (κ1) is 13.3. The number of amides is 1. The van der Waals surface area contributed by atoms with E-state index in [4.69, 9.17) is 15.2 Å². The van der Waals surface area contributed by atoms with Crippen LogP contribution in [0.5, 0.6) is 11.5 Å². The minimum atomic E-state index is -0.211. The van der Waals surface area contributed by atoms with Crippen LogP contribution >= 0.6 is 0 Å². The minimum Gasteiger partial charge on any atom is -0.490 e. The second-order valence-corrected chi connectivity index (χ2v) is 4.79. The van der Waals surface area contributed by atoms with Gasteiger partial charge in [-0.1, -0.05) is 6.07 Å². The number of fused-ring (bicyclic) bond motifs is 1. The van der Waals surface area contributed by atoms with Crippen LogP contribution in [0.3, 0.4) is 0 Å². The standard InChI is InChI=1S/C16H16N2O3/c17-12-4-1-3-11(9-12)16(19)18-13-5-6-14-15(10-13)21-8-2-7-20-14/h1,3-6,9-10H,2,7-8,17H2,(H,18,19). The molecule has 0 bridgehead atoms. The second-order valence-electron chi connectivity index (χ2n) is 4.79. The molecule has 5 nitrogen and oxygen atoms in total. The van der Waals surface area contributed by atoms with E-state index in [2.05, 4.69) is 5.32 Å². The molecule has 1 aliphatic rings. The summed E-state index contributed by atoms with van der Waals surface area (Å²) in [6.07, 6.45) is 0.847. The number of carbonyl (C=O) groups excluding carboxylic acids is 1. The van der Waals surface area contributed by atoms with Gasteiger partial charge in [-0.15, -0.1) is 0 Å². The average molecular weight is 284 g/mol. The van der Waals surface area contributed by atoms with Gasteiger partial charge in [0.05, 0.1) is 13.2 Å². The Morgan fingerprint density at radius 1 is 1.05 bits per heavy atom. The molecule has 0 spiro atoms. The van der Waals surface area contributed by atoms with Crippen molar-refractivity contribution in [3.05, 3.63) is 48.0 Å². The van der Waals surface area contributed by atoms with Crippen molar-refractivity contribution in [1.29, 1.82) is 0 Å². The van der Waals surface area contributed by atoms with E-state index < -0.39 is 0 Å². The van der Waals surface area contributed by atoms with Crippen molar-refractivity contribution in [3.63, 3.8) is 0 Å². The summed E-state index contributed by atoms with van der Waals surface area (Å²) in [5.41, 5.74) is 7.41. The number of nitrogens with one attached hydrogen (secondary N) is 1. The number of nitrogen functional groups attached to an aromatic ring is 1. The molecule has 108 valence electrons. The van der Waals surface area contributed by atoms with Crippen LogP contribution in [0, 0.1) is 0 Å².